The molecule has 0 aromatic heterocycles. The number of rotatable bonds is 8. The molecule has 1 aromatic carbocycles. The molecule has 0 fully saturated rings. The Labute approximate surface area is 146 Å². The SMILES string of the molecule is CCCC[C@@H](NC(=O)NCC)C(=O)N[C@@H](C)c1cccc(Br)c1. The minimum Gasteiger partial charge on any atom is -0.348 e. The van der Waals surface area contributed by atoms with Crippen LogP contribution in [-0.2, 0) is 4.79 Å². The molecule has 0 aliphatic heterocycles. The first kappa shape index (κ1) is 19.5. The molecule has 0 radical (unpaired) electrons. The molecular formula is C17H26BrN3O2. The summed E-state index contributed by atoms with van der Waals surface area (Å²) in [6.45, 7) is 6.37. The number of unbranched alkanes of at least 4 members (excludes halogenated alkanes) is 1. The Kier molecular flexibility index (Phi) is 8.69. The minimum atomic E-state index is -0.517. The Morgan fingerprint density at radius 2 is 1.96 bits per heavy atom. The quantitative estimate of drug-likeness (QED) is 0.642. The van der Waals surface area contributed by atoms with Gasteiger partial charge in [-0.2, -0.15) is 0 Å². The van der Waals surface area contributed by atoms with Gasteiger partial charge < -0.3 is 16.0 Å². The first-order valence-corrected chi connectivity index (χ1v) is 8.87. The number of urea groups is 1. The standard InChI is InChI=1S/C17H26BrN3O2/c1-4-6-10-15(21-17(23)19-5-2)16(22)20-12(3)13-8-7-9-14(18)11-13/h7-9,11-12,15H,4-6,10H2,1-3H3,(H,20,22)(H2,19,21,23)/t12-,15+/m0/s1. The Morgan fingerprint density at radius 3 is 2.57 bits per heavy atom. The van der Waals surface area contributed by atoms with Crippen molar-refractivity contribution < 1.29 is 9.59 Å². The molecule has 6 heteroatoms. The summed E-state index contributed by atoms with van der Waals surface area (Å²) < 4.78 is 0.971. The van der Waals surface area contributed by atoms with E-state index in [1.807, 2.05) is 38.1 Å². The van der Waals surface area contributed by atoms with E-state index in [9.17, 15) is 9.59 Å². The van der Waals surface area contributed by atoms with Crippen LogP contribution in [0.4, 0.5) is 4.79 Å². The van der Waals surface area contributed by atoms with Crippen molar-refractivity contribution in [3.63, 3.8) is 0 Å². The summed E-state index contributed by atoms with van der Waals surface area (Å²) in [6.07, 6.45) is 2.49. The third-order valence-corrected chi connectivity index (χ3v) is 4.01. The summed E-state index contributed by atoms with van der Waals surface area (Å²) in [7, 11) is 0. The van der Waals surface area contributed by atoms with Crippen LogP contribution in [0.2, 0.25) is 0 Å². The Balaban J connectivity index is 2.69. The van der Waals surface area contributed by atoms with Crippen molar-refractivity contribution in [3.8, 4) is 0 Å². The third kappa shape index (κ3) is 7.03. The van der Waals surface area contributed by atoms with Crippen LogP contribution < -0.4 is 16.0 Å². The summed E-state index contributed by atoms with van der Waals surface area (Å²) in [5.41, 5.74) is 1.01. The predicted molar refractivity (Wildman–Crippen MR) is 96.2 cm³/mol. The van der Waals surface area contributed by atoms with Crippen molar-refractivity contribution in [2.75, 3.05) is 6.54 Å². The topological polar surface area (TPSA) is 70.2 Å². The number of hydrogen-bond donors (Lipinski definition) is 3. The first-order valence-electron chi connectivity index (χ1n) is 8.08. The highest BCUT2D eigenvalue weighted by Gasteiger charge is 2.21. The molecule has 0 saturated carbocycles. The number of nitrogens with one attached hydrogen (secondary N) is 3. The van der Waals surface area contributed by atoms with E-state index in [2.05, 4.69) is 38.8 Å². The fraction of sp³-hybridized carbons (Fsp3) is 0.529. The molecule has 128 valence electrons. The summed E-state index contributed by atoms with van der Waals surface area (Å²) in [6, 6.07) is 6.87. The number of amides is 3. The normalized spacial score (nSPS) is 13.0. The molecule has 3 N–H and O–H groups in total. The van der Waals surface area contributed by atoms with Gasteiger partial charge in [-0.1, -0.05) is 47.8 Å². The molecule has 0 spiro atoms. The Morgan fingerprint density at radius 1 is 1.22 bits per heavy atom. The van der Waals surface area contributed by atoms with Crippen molar-refractivity contribution in [2.45, 2.75) is 52.1 Å². The fourth-order valence-corrected chi connectivity index (χ4v) is 2.64. The molecule has 0 saturated heterocycles. The van der Waals surface area contributed by atoms with E-state index in [4.69, 9.17) is 0 Å². The van der Waals surface area contributed by atoms with E-state index < -0.39 is 6.04 Å². The van der Waals surface area contributed by atoms with Gasteiger partial charge >= 0.3 is 6.03 Å². The average molecular weight is 384 g/mol. The molecule has 0 aliphatic carbocycles. The van der Waals surface area contributed by atoms with Gasteiger partial charge in [0.25, 0.3) is 0 Å². The fourth-order valence-electron chi connectivity index (χ4n) is 2.22. The monoisotopic (exact) mass is 383 g/mol. The van der Waals surface area contributed by atoms with E-state index in [-0.39, 0.29) is 18.0 Å². The zero-order valence-corrected chi connectivity index (χ0v) is 15.6. The maximum atomic E-state index is 12.5. The van der Waals surface area contributed by atoms with Crippen LogP contribution in [0.5, 0.6) is 0 Å². The number of benzene rings is 1. The molecule has 2 atom stereocenters. The number of halogens is 1. The maximum absolute atomic E-state index is 12.5. The van der Waals surface area contributed by atoms with Crippen LogP contribution in [0.1, 0.15) is 51.6 Å². The van der Waals surface area contributed by atoms with E-state index in [0.717, 1.165) is 22.9 Å². The lowest BCUT2D eigenvalue weighted by atomic mass is 10.1. The maximum Gasteiger partial charge on any atom is 0.315 e. The summed E-state index contributed by atoms with van der Waals surface area (Å²) >= 11 is 3.43. The predicted octanol–water partition coefficient (Wildman–Crippen LogP) is 3.50. The van der Waals surface area contributed by atoms with Gasteiger partial charge in [0.1, 0.15) is 6.04 Å². The number of hydrogen-bond acceptors (Lipinski definition) is 2. The van der Waals surface area contributed by atoms with Crippen molar-refractivity contribution in [2.24, 2.45) is 0 Å². The third-order valence-electron chi connectivity index (χ3n) is 3.51. The van der Waals surface area contributed by atoms with E-state index in [1.54, 1.807) is 0 Å². The van der Waals surface area contributed by atoms with E-state index in [0.29, 0.717) is 13.0 Å². The van der Waals surface area contributed by atoms with Crippen LogP contribution in [0.3, 0.4) is 0 Å². The van der Waals surface area contributed by atoms with Gasteiger partial charge in [-0.25, -0.2) is 4.79 Å². The van der Waals surface area contributed by atoms with Crippen molar-refractivity contribution in [1.29, 1.82) is 0 Å². The highest BCUT2D eigenvalue weighted by atomic mass is 79.9. The molecule has 1 rings (SSSR count). The van der Waals surface area contributed by atoms with Gasteiger partial charge in [-0.15, -0.1) is 0 Å². The summed E-state index contributed by atoms with van der Waals surface area (Å²) in [4.78, 5) is 24.2. The van der Waals surface area contributed by atoms with Crippen molar-refractivity contribution in [1.82, 2.24) is 16.0 Å². The molecule has 0 unspecified atom stereocenters. The van der Waals surface area contributed by atoms with Crippen LogP contribution in [-0.4, -0.2) is 24.5 Å². The Bertz CT molecular complexity index is 522. The minimum absolute atomic E-state index is 0.125. The zero-order valence-electron chi connectivity index (χ0n) is 14.0. The zero-order chi connectivity index (χ0) is 17.2. The second-order valence-electron chi connectivity index (χ2n) is 5.48. The molecule has 3 amide bonds. The Hall–Kier alpha value is -1.56. The lowest BCUT2D eigenvalue weighted by molar-refractivity contribution is -0.123. The van der Waals surface area contributed by atoms with Crippen molar-refractivity contribution >= 4 is 27.9 Å². The summed E-state index contributed by atoms with van der Waals surface area (Å²) in [5, 5.41) is 8.39. The second-order valence-corrected chi connectivity index (χ2v) is 6.40. The number of carbonyl (C=O) groups is 2. The highest BCUT2D eigenvalue weighted by Crippen LogP contribution is 2.18. The van der Waals surface area contributed by atoms with Gasteiger partial charge in [-0.05, 0) is 38.0 Å². The molecule has 1 aromatic rings. The second kappa shape index (κ2) is 10.3. The van der Waals surface area contributed by atoms with Gasteiger partial charge in [0, 0.05) is 11.0 Å². The average Bonchev–Trinajstić information content (AvgIpc) is 2.51. The summed E-state index contributed by atoms with van der Waals surface area (Å²) in [5.74, 6) is -0.155. The van der Waals surface area contributed by atoms with E-state index in [1.165, 1.54) is 0 Å². The van der Waals surface area contributed by atoms with Gasteiger partial charge in [0.05, 0.1) is 6.04 Å². The molecular weight excluding hydrogens is 358 g/mol. The highest BCUT2D eigenvalue weighted by molar-refractivity contribution is 9.10. The van der Waals surface area contributed by atoms with Gasteiger partial charge in [0.2, 0.25) is 5.91 Å². The first-order chi connectivity index (χ1) is 11.0. The largest absolute Gasteiger partial charge is 0.348 e. The smallest absolute Gasteiger partial charge is 0.315 e. The van der Waals surface area contributed by atoms with Crippen LogP contribution in [0.15, 0.2) is 28.7 Å². The van der Waals surface area contributed by atoms with Gasteiger partial charge in [0.15, 0.2) is 0 Å². The molecule has 0 bridgehead atoms. The van der Waals surface area contributed by atoms with Crippen molar-refractivity contribution in [3.05, 3.63) is 34.3 Å². The molecule has 0 heterocycles. The van der Waals surface area contributed by atoms with Crippen LogP contribution in [0.25, 0.3) is 0 Å². The lowest BCUT2D eigenvalue weighted by Crippen LogP contribution is -2.50. The number of carbonyl (C=O) groups excluding carboxylic acids is 2. The lowest BCUT2D eigenvalue weighted by Gasteiger charge is -2.21. The van der Waals surface area contributed by atoms with Crippen LogP contribution in [0, 0.1) is 0 Å². The molecule has 23 heavy (non-hydrogen) atoms. The molecule has 0 aliphatic rings. The van der Waals surface area contributed by atoms with E-state index >= 15 is 0 Å². The van der Waals surface area contributed by atoms with Gasteiger partial charge in [-0.3, -0.25) is 4.79 Å². The molecule has 5 nitrogen and oxygen atoms in total. The van der Waals surface area contributed by atoms with Crippen LogP contribution >= 0.6 is 15.9 Å².